The molecule has 31 heavy (non-hydrogen) atoms. The first-order valence-electron chi connectivity index (χ1n) is 10.8. The Bertz CT molecular complexity index is 830. The monoisotopic (exact) mass is 430 g/mol. The van der Waals surface area contributed by atoms with E-state index >= 15 is 0 Å². The molecular formula is C25H32F2N2O2. The highest BCUT2D eigenvalue weighted by Gasteiger charge is 2.37. The van der Waals surface area contributed by atoms with Crippen LogP contribution in [0.4, 0.5) is 13.6 Å². The Morgan fingerprint density at radius 2 is 1.42 bits per heavy atom. The zero-order valence-corrected chi connectivity index (χ0v) is 18.9. The Labute approximate surface area is 183 Å². The van der Waals surface area contributed by atoms with E-state index in [4.69, 9.17) is 4.74 Å². The van der Waals surface area contributed by atoms with Crippen LogP contribution in [0.25, 0.3) is 0 Å². The van der Waals surface area contributed by atoms with E-state index in [0.717, 1.165) is 11.1 Å². The minimum Gasteiger partial charge on any atom is -0.444 e. The van der Waals surface area contributed by atoms with Crippen molar-refractivity contribution in [3.63, 3.8) is 0 Å². The maximum Gasteiger partial charge on any atom is 0.410 e. The number of amides is 1. The molecule has 4 nitrogen and oxygen atoms in total. The van der Waals surface area contributed by atoms with E-state index in [2.05, 4.69) is 18.7 Å². The lowest BCUT2D eigenvalue weighted by molar-refractivity contribution is -0.00951. The molecule has 1 heterocycles. The van der Waals surface area contributed by atoms with Crippen LogP contribution in [0, 0.1) is 17.6 Å². The zero-order chi connectivity index (χ0) is 22.8. The fourth-order valence-corrected chi connectivity index (χ4v) is 4.10. The average molecular weight is 431 g/mol. The van der Waals surface area contributed by atoms with Gasteiger partial charge >= 0.3 is 6.09 Å². The van der Waals surface area contributed by atoms with Crippen molar-refractivity contribution in [2.45, 2.75) is 52.3 Å². The van der Waals surface area contributed by atoms with Crippen LogP contribution in [0.1, 0.15) is 51.8 Å². The van der Waals surface area contributed by atoms with Crippen molar-refractivity contribution in [3.05, 3.63) is 71.3 Å². The van der Waals surface area contributed by atoms with Gasteiger partial charge in [0.25, 0.3) is 0 Å². The molecule has 1 amide bonds. The van der Waals surface area contributed by atoms with Gasteiger partial charge in [0.2, 0.25) is 0 Å². The molecule has 6 heteroatoms. The van der Waals surface area contributed by atoms with Gasteiger partial charge in [-0.1, -0.05) is 38.1 Å². The predicted octanol–water partition coefficient (Wildman–Crippen LogP) is 5.63. The van der Waals surface area contributed by atoms with Gasteiger partial charge in [-0.05, 0) is 62.1 Å². The topological polar surface area (TPSA) is 32.8 Å². The number of rotatable bonds is 4. The maximum absolute atomic E-state index is 13.6. The summed E-state index contributed by atoms with van der Waals surface area (Å²) in [5, 5.41) is 0. The third kappa shape index (κ3) is 5.82. The van der Waals surface area contributed by atoms with Crippen LogP contribution in [0.5, 0.6) is 0 Å². The molecule has 0 unspecified atom stereocenters. The zero-order valence-electron chi connectivity index (χ0n) is 18.9. The molecule has 1 atom stereocenters. The Morgan fingerprint density at radius 1 is 0.935 bits per heavy atom. The van der Waals surface area contributed by atoms with E-state index in [0.29, 0.717) is 19.6 Å². The summed E-state index contributed by atoms with van der Waals surface area (Å²) >= 11 is 0. The van der Waals surface area contributed by atoms with Crippen LogP contribution in [-0.4, -0.2) is 47.2 Å². The standard InChI is InChI=1S/C25H32F2N2O2/c1-17(2)22-16-28(24(30)31-25(3,4)5)14-15-29(22)23(18-6-10-20(26)11-7-18)19-8-12-21(27)13-9-19/h6-13,17,22-23H,14-16H2,1-5H3/t22-/m1/s1. The van der Waals surface area contributed by atoms with Gasteiger partial charge in [0.15, 0.2) is 0 Å². The Balaban J connectivity index is 1.93. The second-order valence-corrected chi connectivity index (χ2v) is 9.48. The summed E-state index contributed by atoms with van der Waals surface area (Å²) in [6.07, 6.45) is -0.307. The van der Waals surface area contributed by atoms with E-state index in [-0.39, 0.29) is 35.7 Å². The lowest BCUT2D eigenvalue weighted by Crippen LogP contribution is -2.58. The average Bonchev–Trinajstić information content (AvgIpc) is 2.69. The number of hydrogen-bond acceptors (Lipinski definition) is 3. The summed E-state index contributed by atoms with van der Waals surface area (Å²) < 4.78 is 32.8. The number of halogens is 2. The van der Waals surface area contributed by atoms with Crippen molar-refractivity contribution in [1.29, 1.82) is 0 Å². The highest BCUT2D eigenvalue weighted by molar-refractivity contribution is 5.68. The molecule has 1 aliphatic rings. The molecule has 0 radical (unpaired) electrons. The van der Waals surface area contributed by atoms with E-state index < -0.39 is 5.60 Å². The van der Waals surface area contributed by atoms with Gasteiger partial charge in [-0.15, -0.1) is 0 Å². The summed E-state index contributed by atoms with van der Waals surface area (Å²) in [6.45, 7) is 11.5. The Kier molecular flexibility index (Phi) is 6.99. The van der Waals surface area contributed by atoms with Crippen LogP contribution in [0.3, 0.4) is 0 Å². The van der Waals surface area contributed by atoms with Gasteiger partial charge in [0.05, 0.1) is 6.04 Å². The van der Waals surface area contributed by atoms with Crippen LogP contribution >= 0.6 is 0 Å². The fraction of sp³-hybridized carbons (Fsp3) is 0.480. The second-order valence-electron chi connectivity index (χ2n) is 9.48. The largest absolute Gasteiger partial charge is 0.444 e. The highest BCUT2D eigenvalue weighted by Crippen LogP contribution is 2.34. The Morgan fingerprint density at radius 3 is 1.84 bits per heavy atom. The van der Waals surface area contributed by atoms with Crippen LogP contribution in [0.2, 0.25) is 0 Å². The van der Waals surface area contributed by atoms with Gasteiger partial charge in [-0.2, -0.15) is 0 Å². The third-order valence-electron chi connectivity index (χ3n) is 5.59. The lowest BCUT2D eigenvalue weighted by atomic mass is 9.91. The number of piperazine rings is 1. The molecule has 2 aromatic carbocycles. The third-order valence-corrected chi connectivity index (χ3v) is 5.59. The first kappa shape index (κ1) is 23.2. The van der Waals surface area contributed by atoms with Crippen molar-refractivity contribution < 1.29 is 18.3 Å². The van der Waals surface area contributed by atoms with Crippen molar-refractivity contribution in [2.75, 3.05) is 19.6 Å². The molecule has 0 bridgehead atoms. The molecular weight excluding hydrogens is 398 g/mol. The second kappa shape index (κ2) is 9.35. The van der Waals surface area contributed by atoms with Gasteiger partial charge in [-0.25, -0.2) is 13.6 Å². The van der Waals surface area contributed by atoms with Crippen LogP contribution < -0.4 is 0 Å². The summed E-state index contributed by atoms with van der Waals surface area (Å²) in [6, 6.07) is 12.8. The molecule has 0 spiro atoms. The quantitative estimate of drug-likeness (QED) is 0.630. The molecule has 3 rings (SSSR count). The number of hydrogen-bond donors (Lipinski definition) is 0. The van der Waals surface area contributed by atoms with Gasteiger partial charge in [-0.3, -0.25) is 4.90 Å². The number of carbonyl (C=O) groups is 1. The molecule has 0 aliphatic carbocycles. The molecule has 1 saturated heterocycles. The smallest absolute Gasteiger partial charge is 0.410 e. The van der Waals surface area contributed by atoms with Crippen LogP contribution in [0.15, 0.2) is 48.5 Å². The summed E-state index contributed by atoms with van der Waals surface area (Å²) in [4.78, 5) is 16.8. The van der Waals surface area contributed by atoms with Gasteiger partial charge < -0.3 is 9.64 Å². The van der Waals surface area contributed by atoms with Crippen molar-refractivity contribution in [1.82, 2.24) is 9.80 Å². The van der Waals surface area contributed by atoms with Gasteiger partial charge in [0, 0.05) is 25.7 Å². The van der Waals surface area contributed by atoms with E-state index in [9.17, 15) is 13.6 Å². The first-order valence-corrected chi connectivity index (χ1v) is 10.8. The van der Waals surface area contributed by atoms with Gasteiger partial charge in [0.1, 0.15) is 17.2 Å². The number of nitrogens with zero attached hydrogens (tertiary/aromatic N) is 2. The summed E-state index contributed by atoms with van der Waals surface area (Å²) in [5.41, 5.74) is 1.32. The van der Waals surface area contributed by atoms with Crippen LogP contribution in [-0.2, 0) is 4.74 Å². The van der Waals surface area contributed by atoms with E-state index in [1.54, 1.807) is 29.2 Å². The molecule has 0 aromatic heterocycles. The van der Waals surface area contributed by atoms with E-state index in [1.165, 1.54) is 24.3 Å². The van der Waals surface area contributed by atoms with E-state index in [1.807, 2.05) is 20.8 Å². The normalized spacial score (nSPS) is 18.0. The maximum atomic E-state index is 13.6. The predicted molar refractivity (Wildman–Crippen MR) is 118 cm³/mol. The number of carbonyl (C=O) groups excluding carboxylic acids is 1. The number of benzene rings is 2. The first-order chi connectivity index (χ1) is 14.5. The molecule has 168 valence electrons. The minimum absolute atomic E-state index is 0.0568. The van der Waals surface area contributed by atoms with Crippen molar-refractivity contribution in [2.24, 2.45) is 5.92 Å². The van der Waals surface area contributed by atoms with Crippen molar-refractivity contribution in [3.8, 4) is 0 Å². The summed E-state index contributed by atoms with van der Waals surface area (Å²) in [5.74, 6) is -0.331. The lowest BCUT2D eigenvalue weighted by Gasteiger charge is -2.47. The molecule has 1 aliphatic heterocycles. The molecule has 1 fully saturated rings. The summed E-state index contributed by atoms with van der Waals surface area (Å²) in [7, 11) is 0. The van der Waals surface area contributed by atoms with Crippen molar-refractivity contribution >= 4 is 6.09 Å². The molecule has 0 N–H and O–H groups in total. The highest BCUT2D eigenvalue weighted by atomic mass is 19.1. The fourth-order valence-electron chi connectivity index (χ4n) is 4.10. The molecule has 2 aromatic rings. The Hall–Kier alpha value is -2.47. The minimum atomic E-state index is -0.549. The number of ether oxygens (including phenoxy) is 1. The SMILES string of the molecule is CC(C)[C@H]1CN(C(=O)OC(C)(C)C)CCN1C(c1ccc(F)cc1)c1ccc(F)cc1. The molecule has 0 saturated carbocycles.